The van der Waals surface area contributed by atoms with Gasteiger partial charge in [0.05, 0.1) is 6.54 Å². The summed E-state index contributed by atoms with van der Waals surface area (Å²) >= 11 is 0. The number of halogens is 2. The third-order valence-corrected chi connectivity index (χ3v) is 2.01. The lowest BCUT2D eigenvalue weighted by Gasteiger charge is -2.33. The van der Waals surface area contributed by atoms with Gasteiger partial charge in [0, 0.05) is 13.0 Å². The summed E-state index contributed by atoms with van der Waals surface area (Å²) in [6, 6.07) is 0. The first-order valence-corrected chi connectivity index (χ1v) is 4.39. The van der Waals surface area contributed by atoms with Gasteiger partial charge in [-0.15, -0.1) is 0 Å². The van der Waals surface area contributed by atoms with Crippen LogP contribution in [0.2, 0.25) is 0 Å². The van der Waals surface area contributed by atoms with E-state index >= 15 is 0 Å². The molecular weight excluding hydrogens is 160 g/mol. The molecule has 1 rings (SSSR count). The Balaban J connectivity index is 2.36. The van der Waals surface area contributed by atoms with Gasteiger partial charge in [0.15, 0.2) is 0 Å². The van der Waals surface area contributed by atoms with E-state index < -0.39 is 5.92 Å². The van der Waals surface area contributed by atoms with E-state index in [1.54, 1.807) is 0 Å². The third kappa shape index (κ3) is 3.05. The van der Waals surface area contributed by atoms with E-state index in [4.69, 9.17) is 0 Å². The molecule has 3 heteroatoms. The predicted molar refractivity (Wildman–Crippen MR) is 45.2 cm³/mol. The zero-order valence-corrected chi connectivity index (χ0v) is 7.74. The Morgan fingerprint density at radius 3 is 2.58 bits per heavy atom. The van der Waals surface area contributed by atoms with Crippen molar-refractivity contribution in [2.45, 2.75) is 32.6 Å². The van der Waals surface area contributed by atoms with E-state index in [1.165, 1.54) is 5.92 Å². The Labute approximate surface area is 72.7 Å². The molecule has 0 amide bonds. The average Bonchev–Trinajstić information content (AvgIpc) is 1.82. The molecule has 0 aliphatic carbocycles. The molecule has 0 unspecified atom stereocenters. The molecule has 0 aromatic heterocycles. The van der Waals surface area contributed by atoms with Crippen molar-refractivity contribution in [1.82, 2.24) is 4.90 Å². The topological polar surface area (TPSA) is 3.24 Å². The van der Waals surface area contributed by atoms with Crippen molar-refractivity contribution in [2.24, 2.45) is 0 Å². The highest BCUT2D eigenvalue weighted by molar-refractivity contribution is 4.86. The lowest BCUT2D eigenvalue weighted by Crippen LogP contribution is -2.43. The van der Waals surface area contributed by atoms with Crippen LogP contribution in [-0.4, -0.2) is 30.5 Å². The van der Waals surface area contributed by atoms with E-state index in [0.717, 1.165) is 13.1 Å². The highest BCUT2D eigenvalue weighted by Crippen LogP contribution is 2.26. The fourth-order valence-electron chi connectivity index (χ4n) is 1.63. The Bertz CT molecular complexity index is 145. The summed E-state index contributed by atoms with van der Waals surface area (Å²) < 4.78 is 25.7. The van der Waals surface area contributed by atoms with Crippen LogP contribution in [0.25, 0.3) is 0 Å². The van der Waals surface area contributed by atoms with Gasteiger partial charge in [-0.1, -0.05) is 13.8 Å². The third-order valence-electron chi connectivity index (χ3n) is 2.01. The molecule has 0 spiro atoms. The minimum absolute atomic E-state index is 0.0574. The molecule has 0 saturated carbocycles. The summed E-state index contributed by atoms with van der Waals surface area (Å²) in [5.41, 5.74) is 0. The van der Waals surface area contributed by atoms with Gasteiger partial charge >= 0.3 is 0 Å². The first-order valence-electron chi connectivity index (χ1n) is 4.39. The number of hydrogen-bond donors (Lipinski definition) is 0. The summed E-state index contributed by atoms with van der Waals surface area (Å²) in [4.78, 5) is 1.83. The van der Waals surface area contributed by atoms with Crippen LogP contribution in [0.15, 0.2) is 0 Å². The molecule has 0 atom stereocenters. The van der Waals surface area contributed by atoms with Gasteiger partial charge < -0.3 is 0 Å². The average molecular weight is 176 g/mol. The molecule has 1 saturated heterocycles. The van der Waals surface area contributed by atoms with Gasteiger partial charge in [-0.05, 0) is 18.9 Å². The summed E-state index contributed by atoms with van der Waals surface area (Å²) in [5, 5.41) is 0. The molecule has 0 aromatic rings. The molecule has 1 nitrogen and oxygen atoms in total. The smallest absolute Gasteiger partial charge is 0.260 e. The minimum atomic E-state index is -2.45. The second-order valence-corrected chi connectivity index (χ2v) is 3.88. The van der Waals surface area contributed by atoms with Gasteiger partial charge in [0.2, 0.25) is 0 Å². The molecule has 71 valence electrons. The first kappa shape index (κ1) is 9.90. The van der Waals surface area contributed by atoms with E-state index in [0.29, 0.717) is 6.42 Å². The highest BCUT2D eigenvalue weighted by atomic mass is 19.3. The Morgan fingerprint density at radius 2 is 2.08 bits per heavy atom. The second-order valence-electron chi connectivity index (χ2n) is 3.88. The molecule has 1 fully saturated rings. The SMILES string of the molecule is C[C](C)CN1CCCC(F)(F)C1. The van der Waals surface area contributed by atoms with Gasteiger partial charge in [-0.2, -0.15) is 0 Å². The van der Waals surface area contributed by atoms with Crippen LogP contribution in [0.3, 0.4) is 0 Å². The van der Waals surface area contributed by atoms with Crippen LogP contribution in [0, 0.1) is 5.92 Å². The van der Waals surface area contributed by atoms with Crippen molar-refractivity contribution in [1.29, 1.82) is 0 Å². The molecule has 1 radical (unpaired) electrons. The van der Waals surface area contributed by atoms with Crippen molar-refractivity contribution in [3.05, 3.63) is 5.92 Å². The fraction of sp³-hybridized carbons (Fsp3) is 0.889. The van der Waals surface area contributed by atoms with Crippen molar-refractivity contribution in [3.63, 3.8) is 0 Å². The van der Waals surface area contributed by atoms with E-state index in [9.17, 15) is 8.78 Å². The molecule has 12 heavy (non-hydrogen) atoms. The minimum Gasteiger partial charge on any atom is -0.297 e. The van der Waals surface area contributed by atoms with Crippen LogP contribution >= 0.6 is 0 Å². The van der Waals surface area contributed by atoms with Gasteiger partial charge in [-0.25, -0.2) is 8.78 Å². The largest absolute Gasteiger partial charge is 0.297 e. The maximum Gasteiger partial charge on any atom is 0.260 e. The summed E-state index contributed by atoms with van der Waals surface area (Å²) in [6.45, 7) is 5.44. The van der Waals surface area contributed by atoms with Crippen molar-refractivity contribution >= 4 is 0 Å². The zero-order valence-electron chi connectivity index (χ0n) is 7.74. The molecule has 1 aliphatic heterocycles. The van der Waals surface area contributed by atoms with Crippen LogP contribution in [0.1, 0.15) is 26.7 Å². The number of nitrogens with zero attached hydrogens (tertiary/aromatic N) is 1. The summed E-state index contributed by atoms with van der Waals surface area (Å²) in [7, 11) is 0. The molecule has 0 N–H and O–H groups in total. The monoisotopic (exact) mass is 176 g/mol. The van der Waals surface area contributed by atoms with Crippen LogP contribution in [-0.2, 0) is 0 Å². The van der Waals surface area contributed by atoms with Crippen LogP contribution in [0.4, 0.5) is 8.78 Å². The van der Waals surface area contributed by atoms with Crippen molar-refractivity contribution in [3.8, 4) is 0 Å². The molecular formula is C9H16F2N. The number of rotatable bonds is 2. The van der Waals surface area contributed by atoms with Gasteiger partial charge in [0.1, 0.15) is 0 Å². The second kappa shape index (κ2) is 3.69. The zero-order chi connectivity index (χ0) is 9.19. The Kier molecular flexibility index (Phi) is 3.04. The van der Waals surface area contributed by atoms with E-state index in [2.05, 4.69) is 0 Å². The van der Waals surface area contributed by atoms with Crippen molar-refractivity contribution < 1.29 is 8.78 Å². The van der Waals surface area contributed by atoms with Crippen LogP contribution in [0.5, 0.6) is 0 Å². The standard InChI is InChI=1S/C9H16F2N/c1-8(2)6-12-5-3-4-9(10,11)7-12/h3-7H2,1-2H3. The van der Waals surface area contributed by atoms with Crippen molar-refractivity contribution in [2.75, 3.05) is 19.6 Å². The Hall–Kier alpha value is -0.180. The van der Waals surface area contributed by atoms with E-state index in [1.807, 2.05) is 18.7 Å². The molecule has 0 bridgehead atoms. The predicted octanol–water partition coefficient (Wildman–Crippen LogP) is 2.33. The number of likely N-dealkylation sites (tertiary alicyclic amines) is 1. The molecule has 1 heterocycles. The number of hydrogen-bond acceptors (Lipinski definition) is 1. The first-order chi connectivity index (χ1) is 5.49. The quantitative estimate of drug-likeness (QED) is 0.624. The molecule has 0 aromatic carbocycles. The summed E-state index contributed by atoms with van der Waals surface area (Å²) in [5.74, 6) is -1.25. The lowest BCUT2D eigenvalue weighted by atomic mass is 10.1. The molecule has 1 aliphatic rings. The Morgan fingerprint density at radius 1 is 1.42 bits per heavy atom. The normalized spacial score (nSPS) is 24.8. The van der Waals surface area contributed by atoms with Crippen LogP contribution < -0.4 is 0 Å². The maximum absolute atomic E-state index is 12.9. The lowest BCUT2D eigenvalue weighted by molar-refractivity contribution is -0.0625. The summed E-state index contributed by atoms with van der Waals surface area (Å²) in [6.07, 6.45) is 0.687. The van der Waals surface area contributed by atoms with Gasteiger partial charge in [-0.3, -0.25) is 4.90 Å². The van der Waals surface area contributed by atoms with E-state index in [-0.39, 0.29) is 13.0 Å². The van der Waals surface area contributed by atoms with Gasteiger partial charge in [0.25, 0.3) is 5.92 Å². The number of alkyl halides is 2. The fourth-order valence-corrected chi connectivity index (χ4v) is 1.63. The maximum atomic E-state index is 12.9. The number of piperidine rings is 1. The highest BCUT2D eigenvalue weighted by Gasteiger charge is 2.34.